The largest absolute Gasteiger partial charge is 0.367 e. The molecule has 0 aromatic rings. The highest BCUT2D eigenvalue weighted by Crippen LogP contribution is 2.28. The number of methoxy groups -OCH3 is 2. The van der Waals surface area contributed by atoms with Gasteiger partial charge in [-0.05, 0) is 13.8 Å². The summed E-state index contributed by atoms with van der Waals surface area (Å²) in [6.07, 6.45) is -0.491. The van der Waals surface area contributed by atoms with Gasteiger partial charge in [0.25, 0.3) is 0 Å². The molecule has 1 aliphatic rings. The number of hydrogen-bond donors (Lipinski definition) is 0. The number of carbonyl (C=O) groups is 1. The Hall–Kier alpha value is -0.450. The van der Waals surface area contributed by atoms with E-state index in [1.54, 1.807) is 13.8 Å². The van der Waals surface area contributed by atoms with Crippen molar-refractivity contribution in [2.75, 3.05) is 20.8 Å². The third kappa shape index (κ3) is 1.90. The van der Waals surface area contributed by atoms with Crippen molar-refractivity contribution in [2.45, 2.75) is 25.7 Å². The number of ketones is 1. The zero-order chi connectivity index (χ0) is 10.1. The maximum Gasteiger partial charge on any atom is 0.174 e. The molecule has 0 saturated carbocycles. The molecule has 0 spiro atoms. The summed E-state index contributed by atoms with van der Waals surface area (Å²) in [7, 11) is 3.04. The molecule has 1 atom stereocenters. The normalized spacial score (nSPS) is 27.2. The SMILES string of the molecule is COC(OC)C1COC(C)(C)C1=O. The number of ether oxygens (including phenoxy) is 3. The Morgan fingerprint density at radius 3 is 2.31 bits per heavy atom. The fourth-order valence-electron chi connectivity index (χ4n) is 1.52. The third-order valence-electron chi connectivity index (χ3n) is 2.35. The van der Waals surface area contributed by atoms with Gasteiger partial charge in [0, 0.05) is 14.2 Å². The quantitative estimate of drug-likeness (QED) is 0.608. The van der Waals surface area contributed by atoms with Gasteiger partial charge in [0.15, 0.2) is 12.1 Å². The topological polar surface area (TPSA) is 44.8 Å². The fraction of sp³-hybridized carbons (Fsp3) is 0.889. The molecule has 1 rings (SSSR count). The maximum absolute atomic E-state index is 11.7. The molecule has 1 unspecified atom stereocenters. The van der Waals surface area contributed by atoms with Gasteiger partial charge in [0.1, 0.15) is 5.60 Å². The number of carbonyl (C=O) groups excluding carboxylic acids is 1. The van der Waals surface area contributed by atoms with Gasteiger partial charge in [-0.2, -0.15) is 0 Å². The van der Waals surface area contributed by atoms with Gasteiger partial charge in [-0.3, -0.25) is 4.79 Å². The van der Waals surface area contributed by atoms with Gasteiger partial charge in [0.05, 0.1) is 12.5 Å². The summed E-state index contributed by atoms with van der Waals surface area (Å²) in [6, 6.07) is 0. The molecular weight excluding hydrogens is 172 g/mol. The van der Waals surface area contributed by atoms with E-state index in [1.165, 1.54) is 14.2 Å². The van der Waals surface area contributed by atoms with Gasteiger partial charge in [0.2, 0.25) is 0 Å². The molecule has 4 heteroatoms. The standard InChI is InChI=1S/C9H16O4/c1-9(2)7(10)6(5-13-9)8(11-3)12-4/h6,8H,5H2,1-4H3. The minimum absolute atomic E-state index is 0.0428. The summed E-state index contributed by atoms with van der Waals surface area (Å²) in [5.41, 5.74) is -0.694. The van der Waals surface area contributed by atoms with Crippen LogP contribution in [0.15, 0.2) is 0 Å². The van der Waals surface area contributed by atoms with Crippen LogP contribution in [0, 0.1) is 5.92 Å². The predicted octanol–water partition coefficient (Wildman–Crippen LogP) is 0.599. The number of hydrogen-bond acceptors (Lipinski definition) is 4. The Morgan fingerprint density at radius 2 is 2.00 bits per heavy atom. The van der Waals surface area contributed by atoms with E-state index in [-0.39, 0.29) is 11.7 Å². The molecule has 0 aromatic carbocycles. The van der Waals surface area contributed by atoms with Crippen molar-refractivity contribution in [1.29, 1.82) is 0 Å². The summed E-state index contributed by atoms with van der Waals surface area (Å²) in [5.74, 6) is -0.258. The van der Waals surface area contributed by atoms with E-state index in [4.69, 9.17) is 14.2 Å². The summed E-state index contributed by atoms with van der Waals surface area (Å²) < 4.78 is 15.4. The Balaban J connectivity index is 2.69. The van der Waals surface area contributed by atoms with Crippen LogP contribution in [0.25, 0.3) is 0 Å². The number of rotatable bonds is 3. The smallest absolute Gasteiger partial charge is 0.174 e. The van der Waals surface area contributed by atoms with Crippen LogP contribution in [0.5, 0.6) is 0 Å². The highest BCUT2D eigenvalue weighted by atomic mass is 16.7. The van der Waals surface area contributed by atoms with Crippen molar-refractivity contribution in [1.82, 2.24) is 0 Å². The molecule has 0 N–H and O–H groups in total. The molecule has 0 radical (unpaired) electrons. The van der Waals surface area contributed by atoms with Crippen LogP contribution >= 0.6 is 0 Å². The van der Waals surface area contributed by atoms with Gasteiger partial charge >= 0.3 is 0 Å². The van der Waals surface area contributed by atoms with Gasteiger partial charge in [-0.1, -0.05) is 0 Å². The zero-order valence-corrected chi connectivity index (χ0v) is 8.49. The number of Topliss-reactive ketones (excluding diaryl/α,β-unsaturated/α-hetero) is 1. The van der Waals surface area contributed by atoms with Crippen LogP contribution in [0.2, 0.25) is 0 Å². The van der Waals surface area contributed by atoms with E-state index in [2.05, 4.69) is 0 Å². The van der Waals surface area contributed by atoms with Crippen LogP contribution in [0.4, 0.5) is 0 Å². The lowest BCUT2D eigenvalue weighted by atomic mass is 9.95. The molecule has 76 valence electrons. The van der Waals surface area contributed by atoms with Crippen molar-refractivity contribution in [2.24, 2.45) is 5.92 Å². The molecule has 4 nitrogen and oxygen atoms in total. The fourth-order valence-corrected chi connectivity index (χ4v) is 1.52. The molecule has 0 bridgehead atoms. The van der Waals surface area contributed by atoms with Gasteiger partial charge in [-0.25, -0.2) is 0 Å². The molecule has 0 aliphatic carbocycles. The van der Waals surface area contributed by atoms with Gasteiger partial charge < -0.3 is 14.2 Å². The van der Waals surface area contributed by atoms with E-state index < -0.39 is 11.9 Å². The summed E-state index contributed by atoms with van der Waals surface area (Å²) in [4.78, 5) is 11.7. The highest BCUT2D eigenvalue weighted by molar-refractivity contribution is 5.90. The Kier molecular flexibility index (Phi) is 3.05. The highest BCUT2D eigenvalue weighted by Gasteiger charge is 2.45. The minimum atomic E-state index is -0.694. The lowest BCUT2D eigenvalue weighted by Crippen LogP contribution is -2.36. The van der Waals surface area contributed by atoms with E-state index >= 15 is 0 Å². The van der Waals surface area contributed by atoms with Crippen molar-refractivity contribution in [3.63, 3.8) is 0 Å². The Morgan fingerprint density at radius 1 is 1.46 bits per heavy atom. The minimum Gasteiger partial charge on any atom is -0.367 e. The summed E-state index contributed by atoms with van der Waals surface area (Å²) in [6.45, 7) is 3.90. The first-order chi connectivity index (χ1) is 6.03. The molecule has 0 amide bonds. The molecular formula is C9H16O4. The van der Waals surface area contributed by atoms with Crippen LogP contribution < -0.4 is 0 Å². The summed E-state index contributed by atoms with van der Waals surface area (Å²) in [5, 5.41) is 0. The van der Waals surface area contributed by atoms with Crippen LogP contribution in [0.3, 0.4) is 0 Å². The molecule has 1 saturated heterocycles. The van der Waals surface area contributed by atoms with E-state index in [9.17, 15) is 4.79 Å². The first-order valence-electron chi connectivity index (χ1n) is 4.27. The van der Waals surface area contributed by atoms with E-state index in [1.807, 2.05) is 0 Å². The van der Waals surface area contributed by atoms with Crippen molar-refractivity contribution >= 4 is 5.78 Å². The predicted molar refractivity (Wildman–Crippen MR) is 46.3 cm³/mol. The molecule has 1 fully saturated rings. The molecule has 0 aromatic heterocycles. The second kappa shape index (κ2) is 3.74. The van der Waals surface area contributed by atoms with Crippen LogP contribution in [0.1, 0.15) is 13.8 Å². The van der Waals surface area contributed by atoms with Crippen LogP contribution in [-0.4, -0.2) is 38.5 Å². The lowest BCUT2D eigenvalue weighted by Gasteiger charge is -2.19. The van der Waals surface area contributed by atoms with Crippen LogP contribution in [-0.2, 0) is 19.0 Å². The Labute approximate surface area is 78.2 Å². The maximum atomic E-state index is 11.7. The molecule has 1 heterocycles. The first-order valence-corrected chi connectivity index (χ1v) is 4.27. The van der Waals surface area contributed by atoms with Crippen molar-refractivity contribution in [3.05, 3.63) is 0 Å². The van der Waals surface area contributed by atoms with Crippen molar-refractivity contribution in [3.8, 4) is 0 Å². The zero-order valence-electron chi connectivity index (χ0n) is 8.49. The van der Waals surface area contributed by atoms with Crippen molar-refractivity contribution < 1.29 is 19.0 Å². The lowest BCUT2D eigenvalue weighted by molar-refractivity contribution is -0.152. The second-order valence-electron chi connectivity index (χ2n) is 3.63. The first kappa shape index (κ1) is 10.6. The summed E-state index contributed by atoms with van der Waals surface area (Å²) >= 11 is 0. The average molecular weight is 188 g/mol. The third-order valence-corrected chi connectivity index (χ3v) is 2.35. The van der Waals surface area contributed by atoms with Gasteiger partial charge in [-0.15, -0.1) is 0 Å². The second-order valence-corrected chi connectivity index (χ2v) is 3.63. The van der Waals surface area contributed by atoms with E-state index in [0.29, 0.717) is 6.61 Å². The molecule has 13 heavy (non-hydrogen) atoms. The average Bonchev–Trinajstić information content (AvgIpc) is 2.34. The molecule has 1 aliphatic heterocycles. The Bertz CT molecular complexity index is 196. The monoisotopic (exact) mass is 188 g/mol. The van der Waals surface area contributed by atoms with E-state index in [0.717, 1.165) is 0 Å².